The van der Waals surface area contributed by atoms with Crippen molar-refractivity contribution in [3.8, 4) is 0 Å². The van der Waals surface area contributed by atoms with Gasteiger partial charge in [-0.25, -0.2) is 9.97 Å². The van der Waals surface area contributed by atoms with E-state index in [2.05, 4.69) is 35.4 Å². The van der Waals surface area contributed by atoms with E-state index < -0.39 is 17.3 Å². The fourth-order valence-electron chi connectivity index (χ4n) is 10.7. The molecule has 2 aromatic heterocycles. The van der Waals surface area contributed by atoms with E-state index in [-0.39, 0.29) is 58.3 Å². The quantitative estimate of drug-likeness (QED) is 0.0493. The van der Waals surface area contributed by atoms with Crippen LogP contribution in [0.25, 0.3) is 21.8 Å². The Kier molecular flexibility index (Phi) is 19.1. The predicted molar refractivity (Wildman–Crippen MR) is 295 cm³/mol. The highest BCUT2D eigenvalue weighted by Crippen LogP contribution is 2.37. The lowest BCUT2D eigenvalue weighted by Gasteiger charge is -2.39. The molecule has 5 N–H and O–H groups in total. The molecule has 21 heteroatoms. The lowest BCUT2D eigenvalue weighted by atomic mass is 9.87. The summed E-state index contributed by atoms with van der Waals surface area (Å²) >= 11 is 6.24. The number of alkyl halides is 3. The Morgan fingerprint density at radius 3 is 2.13 bits per heavy atom. The van der Waals surface area contributed by atoms with Crippen molar-refractivity contribution in [1.29, 1.82) is 0 Å². The van der Waals surface area contributed by atoms with Gasteiger partial charge >= 0.3 is 6.18 Å². The number of aromatic amines is 1. The number of halogens is 4. The smallest absolute Gasteiger partial charge is 0.379 e. The van der Waals surface area contributed by atoms with Crippen LogP contribution >= 0.6 is 11.6 Å². The van der Waals surface area contributed by atoms with E-state index in [1.165, 1.54) is 18.2 Å². The van der Waals surface area contributed by atoms with Crippen molar-refractivity contribution in [3.05, 3.63) is 136 Å². The van der Waals surface area contributed by atoms with Gasteiger partial charge in [-0.15, -0.1) is 0 Å². The van der Waals surface area contributed by atoms with Crippen LogP contribution in [0.2, 0.25) is 5.02 Å². The third kappa shape index (κ3) is 14.6. The number of hydrogen-bond donors (Lipinski definition) is 4. The van der Waals surface area contributed by atoms with Crippen molar-refractivity contribution in [2.75, 3.05) is 110 Å². The average molecular weight is 1110 g/mol. The van der Waals surface area contributed by atoms with Gasteiger partial charge in [0.05, 0.1) is 68.6 Å². The summed E-state index contributed by atoms with van der Waals surface area (Å²) in [6.45, 7) is 7.78. The lowest BCUT2D eigenvalue weighted by molar-refractivity contribution is -0.136. The predicted octanol–water partition coefficient (Wildman–Crippen LogP) is 7.36. The summed E-state index contributed by atoms with van der Waals surface area (Å²) < 4.78 is 57.9. The maximum Gasteiger partial charge on any atom is 0.417 e. The summed E-state index contributed by atoms with van der Waals surface area (Å²) in [5.41, 5.74) is 8.60. The molecular weight excluding hydrogens is 1040 g/mol. The third-order valence-corrected chi connectivity index (χ3v) is 15.6. The molecule has 0 spiro atoms. The number of carbonyl (C=O) groups excluding carboxylic acids is 4. The van der Waals surface area contributed by atoms with Crippen LogP contribution in [0.4, 0.5) is 19.0 Å². The standard InChI is InChI=1S/C58H68ClF3N10O7/c59-44-13-11-42(12-14-44)50(68-56(76)57(63)20-27-71(28-21-57)53-48-15-22-64-52(48)66-39-67-53)18-24-69-29-31-70(32-30-69)51(73)19-33-77-35-37-79-38-36-78-34-23-65-54(74)43-9-7-40(8-10-43)41-16-25-72(26-17-41)55(75)47-5-1-4-46-45(47)3-2-6-49(46)58(60,61)62/h1-15,22,39,41,50H,16-21,23-38,63H2,(H,65,74)(H,68,76)(H,64,66,67)/t50-/m0/s1. The number of ether oxygens (including phenoxy) is 3. The summed E-state index contributed by atoms with van der Waals surface area (Å²) in [6.07, 6.45) is 2.13. The van der Waals surface area contributed by atoms with Crippen LogP contribution in [0.3, 0.4) is 0 Å². The Bertz CT molecular complexity index is 3010. The minimum absolute atomic E-state index is 0.0117. The summed E-state index contributed by atoms with van der Waals surface area (Å²) in [4.78, 5) is 73.3. The van der Waals surface area contributed by atoms with Gasteiger partial charge in [-0.05, 0) is 102 Å². The van der Waals surface area contributed by atoms with E-state index in [1.54, 1.807) is 35.5 Å². The number of carbonyl (C=O) groups is 4. The summed E-state index contributed by atoms with van der Waals surface area (Å²) in [5.74, 6) is 0.372. The molecule has 3 aliphatic rings. The molecular formula is C58H68ClF3N10O7. The molecule has 5 heterocycles. The number of piperidine rings is 2. The Hall–Kier alpha value is -6.68. The number of nitrogens with one attached hydrogen (secondary N) is 3. The number of hydrogen-bond acceptors (Lipinski definition) is 12. The summed E-state index contributed by atoms with van der Waals surface area (Å²) in [5, 5.41) is 8.00. The van der Waals surface area contributed by atoms with Crippen LogP contribution in [0.15, 0.2) is 104 Å². The second-order valence-electron chi connectivity index (χ2n) is 20.4. The molecule has 3 saturated heterocycles. The second-order valence-corrected chi connectivity index (χ2v) is 20.8. The Balaban J connectivity index is 0.595. The molecule has 4 amide bonds. The second kappa shape index (κ2) is 26.5. The van der Waals surface area contributed by atoms with Crippen molar-refractivity contribution in [1.82, 2.24) is 40.3 Å². The van der Waals surface area contributed by atoms with Gasteiger partial charge in [0, 0.05) is 87.8 Å². The van der Waals surface area contributed by atoms with Gasteiger partial charge in [0.15, 0.2) is 0 Å². The highest BCUT2D eigenvalue weighted by Gasteiger charge is 2.40. The Morgan fingerprint density at radius 1 is 0.747 bits per heavy atom. The molecule has 17 nitrogen and oxygen atoms in total. The van der Waals surface area contributed by atoms with E-state index in [4.69, 9.17) is 31.5 Å². The van der Waals surface area contributed by atoms with E-state index in [0.29, 0.717) is 141 Å². The monoisotopic (exact) mass is 1110 g/mol. The molecule has 4 aromatic carbocycles. The van der Waals surface area contributed by atoms with E-state index in [1.807, 2.05) is 53.6 Å². The number of nitrogens with zero attached hydrogens (tertiary/aromatic N) is 6. The maximum atomic E-state index is 13.9. The van der Waals surface area contributed by atoms with Gasteiger partial charge in [0.1, 0.15) is 17.8 Å². The van der Waals surface area contributed by atoms with Gasteiger partial charge in [0.25, 0.3) is 11.8 Å². The highest BCUT2D eigenvalue weighted by molar-refractivity contribution is 6.30. The summed E-state index contributed by atoms with van der Waals surface area (Å²) in [6, 6.07) is 25.0. The third-order valence-electron chi connectivity index (χ3n) is 15.4. The molecule has 420 valence electrons. The van der Waals surface area contributed by atoms with Crippen LogP contribution in [0.5, 0.6) is 0 Å². The minimum Gasteiger partial charge on any atom is -0.379 e. The number of rotatable bonds is 22. The van der Waals surface area contributed by atoms with Gasteiger partial charge in [-0.3, -0.25) is 24.1 Å². The molecule has 0 unspecified atom stereocenters. The molecule has 0 radical (unpaired) electrons. The maximum absolute atomic E-state index is 13.9. The first kappa shape index (κ1) is 57.0. The van der Waals surface area contributed by atoms with E-state index in [0.717, 1.165) is 40.6 Å². The van der Waals surface area contributed by atoms with Crippen LogP contribution in [0.1, 0.15) is 87.9 Å². The number of piperazine rings is 1. The first-order chi connectivity index (χ1) is 38.2. The number of fused-ring (bicyclic) bond motifs is 2. The Labute approximate surface area is 462 Å². The molecule has 1 atom stereocenters. The number of benzene rings is 4. The molecule has 79 heavy (non-hydrogen) atoms. The largest absolute Gasteiger partial charge is 0.417 e. The zero-order valence-corrected chi connectivity index (χ0v) is 44.9. The first-order valence-corrected chi connectivity index (χ1v) is 27.5. The molecule has 3 fully saturated rings. The van der Waals surface area contributed by atoms with Gasteiger partial charge < -0.3 is 50.3 Å². The lowest BCUT2D eigenvalue weighted by Crippen LogP contribution is -2.60. The minimum atomic E-state index is -4.52. The molecule has 0 aliphatic carbocycles. The molecule has 3 aliphatic heterocycles. The number of likely N-dealkylation sites (tertiary alicyclic amines) is 1. The normalized spacial score (nSPS) is 16.8. The zero-order valence-electron chi connectivity index (χ0n) is 44.2. The fraction of sp³-hybridized carbons (Fsp3) is 0.448. The Morgan fingerprint density at radius 2 is 1.42 bits per heavy atom. The molecule has 9 rings (SSSR count). The number of amides is 4. The van der Waals surface area contributed by atoms with Crippen LogP contribution in [0, 0.1) is 0 Å². The number of anilines is 1. The van der Waals surface area contributed by atoms with Crippen LogP contribution in [-0.2, 0) is 30.0 Å². The average Bonchev–Trinajstić information content (AvgIpc) is 3.97. The zero-order chi connectivity index (χ0) is 55.4. The van der Waals surface area contributed by atoms with Crippen LogP contribution in [-0.4, -0.2) is 164 Å². The van der Waals surface area contributed by atoms with Crippen LogP contribution < -0.4 is 21.3 Å². The highest BCUT2D eigenvalue weighted by atomic mass is 35.5. The van der Waals surface area contributed by atoms with E-state index in [9.17, 15) is 32.3 Å². The molecule has 6 aromatic rings. The molecule has 0 saturated carbocycles. The van der Waals surface area contributed by atoms with Crippen molar-refractivity contribution in [2.24, 2.45) is 5.73 Å². The van der Waals surface area contributed by atoms with E-state index >= 15 is 0 Å². The number of nitrogens with two attached hydrogens (primary N) is 1. The first-order valence-electron chi connectivity index (χ1n) is 27.1. The number of H-pyrrole nitrogens is 1. The topological polar surface area (TPSA) is 201 Å². The fourth-order valence-corrected chi connectivity index (χ4v) is 10.9. The van der Waals surface area contributed by atoms with Crippen molar-refractivity contribution in [3.63, 3.8) is 0 Å². The summed E-state index contributed by atoms with van der Waals surface area (Å²) in [7, 11) is 0. The molecule has 0 bridgehead atoms. The van der Waals surface area contributed by atoms with Gasteiger partial charge in [-0.1, -0.05) is 60.1 Å². The SMILES string of the molecule is NC1(C(=O)N[C@@H](CCN2CCN(C(=O)CCOCCOCCOCCNC(=O)c3ccc(C4CCN(C(=O)c5cccc6c(C(F)(F)F)cccc56)CC4)cc3)CC2)c2ccc(Cl)cc2)CCN(c2ncnc3[nH]ccc23)CC1. The van der Waals surface area contributed by atoms with Crippen molar-refractivity contribution >= 4 is 62.9 Å². The van der Waals surface area contributed by atoms with Crippen molar-refractivity contribution < 1.29 is 46.6 Å². The van der Waals surface area contributed by atoms with Crippen molar-refractivity contribution in [2.45, 2.75) is 62.2 Å². The van der Waals surface area contributed by atoms with Gasteiger partial charge in [0.2, 0.25) is 11.8 Å². The number of aromatic nitrogens is 3. The van der Waals surface area contributed by atoms with Gasteiger partial charge in [-0.2, -0.15) is 13.2 Å².